The maximum Gasteiger partial charge on any atom is 0.213 e. The van der Waals surface area contributed by atoms with Crippen LogP contribution in [0.1, 0.15) is 34.7 Å². The summed E-state index contributed by atoms with van der Waals surface area (Å²) in [5, 5.41) is 9.24. The molecule has 0 radical (unpaired) electrons. The van der Waals surface area contributed by atoms with Crippen LogP contribution in [0, 0.1) is 0 Å². The molecule has 5 heteroatoms. The van der Waals surface area contributed by atoms with Crippen LogP contribution in [0.3, 0.4) is 0 Å². The highest BCUT2D eigenvalue weighted by Gasteiger charge is 2.40. The van der Waals surface area contributed by atoms with Gasteiger partial charge in [0.1, 0.15) is 5.75 Å². The highest BCUT2D eigenvalue weighted by molar-refractivity contribution is 7.12. The Morgan fingerprint density at radius 1 is 1.04 bits per heavy atom. The van der Waals surface area contributed by atoms with Crippen molar-refractivity contribution in [2.75, 3.05) is 19.0 Å². The van der Waals surface area contributed by atoms with E-state index in [2.05, 4.69) is 84.0 Å². The lowest BCUT2D eigenvalue weighted by molar-refractivity contribution is -0.0190. The molecule has 27 heavy (non-hydrogen) atoms. The smallest absolute Gasteiger partial charge is 0.213 e. The molecule has 136 valence electrons. The molecule has 2 atom stereocenters. The number of anilines is 1. The quantitative estimate of drug-likeness (QED) is 0.641. The second kappa shape index (κ2) is 6.43. The van der Waals surface area contributed by atoms with Crippen molar-refractivity contribution >= 4 is 22.7 Å². The Balaban J connectivity index is 1.56. The summed E-state index contributed by atoms with van der Waals surface area (Å²) < 4.78 is 6.41. The summed E-state index contributed by atoms with van der Waals surface area (Å²) in [6.07, 6.45) is 0.700. The van der Waals surface area contributed by atoms with Crippen LogP contribution in [-0.4, -0.2) is 24.8 Å². The van der Waals surface area contributed by atoms with Gasteiger partial charge >= 0.3 is 0 Å². The SMILES string of the molecule is CN(C)c1ccc(C2Oc3ccccc3C3CC(c4cccs4)=NN32)cc1. The van der Waals surface area contributed by atoms with E-state index in [1.54, 1.807) is 11.3 Å². The molecule has 0 amide bonds. The fourth-order valence-corrected chi connectivity index (χ4v) is 4.50. The monoisotopic (exact) mass is 375 g/mol. The number of para-hydroxylation sites is 1. The maximum atomic E-state index is 6.41. The third-order valence-corrected chi connectivity index (χ3v) is 6.12. The molecule has 0 aliphatic carbocycles. The topological polar surface area (TPSA) is 28.1 Å². The first kappa shape index (κ1) is 16.4. The van der Waals surface area contributed by atoms with Crippen LogP contribution < -0.4 is 9.64 Å². The van der Waals surface area contributed by atoms with Crippen LogP contribution in [0.5, 0.6) is 5.75 Å². The first-order valence-corrected chi connectivity index (χ1v) is 10.0. The fraction of sp³-hybridized carbons (Fsp3) is 0.227. The van der Waals surface area contributed by atoms with Crippen LogP contribution >= 0.6 is 11.3 Å². The van der Waals surface area contributed by atoms with Crippen LogP contribution in [0.2, 0.25) is 0 Å². The molecule has 2 aliphatic heterocycles. The maximum absolute atomic E-state index is 6.41. The molecule has 0 fully saturated rings. The predicted octanol–water partition coefficient (Wildman–Crippen LogP) is 5.06. The van der Waals surface area contributed by atoms with Crippen LogP contribution in [0.15, 0.2) is 71.1 Å². The molecule has 0 saturated carbocycles. The number of hydrazone groups is 1. The number of hydrogen-bond acceptors (Lipinski definition) is 5. The number of hydrogen-bond donors (Lipinski definition) is 0. The molecule has 4 nitrogen and oxygen atoms in total. The lowest BCUT2D eigenvalue weighted by Crippen LogP contribution is -2.33. The second-order valence-electron chi connectivity index (χ2n) is 7.12. The van der Waals surface area contributed by atoms with E-state index >= 15 is 0 Å². The number of ether oxygens (including phenoxy) is 1. The summed E-state index contributed by atoms with van der Waals surface area (Å²) in [6, 6.07) is 21.3. The molecule has 2 aromatic carbocycles. The molecule has 0 spiro atoms. The highest BCUT2D eigenvalue weighted by Crippen LogP contribution is 2.47. The van der Waals surface area contributed by atoms with Gasteiger partial charge in [-0.1, -0.05) is 36.4 Å². The van der Waals surface area contributed by atoms with Gasteiger partial charge in [0.05, 0.1) is 16.6 Å². The largest absolute Gasteiger partial charge is 0.464 e. The van der Waals surface area contributed by atoms with Crippen molar-refractivity contribution in [1.29, 1.82) is 0 Å². The first-order chi connectivity index (χ1) is 13.2. The summed E-state index contributed by atoms with van der Waals surface area (Å²) in [5.41, 5.74) is 4.66. The zero-order valence-electron chi connectivity index (χ0n) is 15.4. The Morgan fingerprint density at radius 3 is 2.59 bits per heavy atom. The minimum atomic E-state index is -0.210. The normalized spacial score (nSPS) is 20.5. The summed E-state index contributed by atoms with van der Waals surface area (Å²) in [5.74, 6) is 0.961. The van der Waals surface area contributed by atoms with Gasteiger partial charge in [-0.15, -0.1) is 11.3 Å². The lowest BCUT2D eigenvalue weighted by atomic mass is 9.97. The third kappa shape index (κ3) is 2.79. The third-order valence-electron chi connectivity index (χ3n) is 5.20. The van der Waals surface area contributed by atoms with E-state index in [-0.39, 0.29) is 12.3 Å². The van der Waals surface area contributed by atoms with E-state index in [9.17, 15) is 0 Å². The van der Waals surface area contributed by atoms with Gasteiger partial charge in [0.15, 0.2) is 0 Å². The van der Waals surface area contributed by atoms with Gasteiger partial charge in [0, 0.05) is 37.3 Å². The van der Waals surface area contributed by atoms with Gasteiger partial charge in [-0.3, -0.25) is 0 Å². The second-order valence-corrected chi connectivity index (χ2v) is 8.07. The van der Waals surface area contributed by atoms with E-state index in [0.717, 1.165) is 23.4 Å². The van der Waals surface area contributed by atoms with Crippen LogP contribution in [0.25, 0.3) is 0 Å². The highest BCUT2D eigenvalue weighted by atomic mass is 32.1. The molecule has 3 aromatic rings. The number of rotatable bonds is 3. The van der Waals surface area contributed by atoms with Crippen molar-refractivity contribution in [3.05, 3.63) is 82.0 Å². The Labute approximate surface area is 163 Å². The standard InChI is InChI=1S/C22H21N3OS/c1-24(2)16-11-9-15(10-12-16)22-25-19(17-6-3-4-7-20(17)26-22)14-18(23-25)21-8-5-13-27-21/h3-13,19,22H,14H2,1-2H3. The van der Waals surface area contributed by atoms with Gasteiger partial charge in [-0.2, -0.15) is 5.10 Å². The molecule has 5 rings (SSSR count). The van der Waals surface area contributed by atoms with E-state index in [1.165, 1.54) is 16.1 Å². The molecule has 0 N–H and O–H groups in total. The van der Waals surface area contributed by atoms with Crippen molar-refractivity contribution in [3.63, 3.8) is 0 Å². The number of fused-ring (bicyclic) bond motifs is 3. The Bertz CT molecular complexity index is 979. The number of benzene rings is 2. The Morgan fingerprint density at radius 2 is 1.85 bits per heavy atom. The molecule has 0 saturated heterocycles. The van der Waals surface area contributed by atoms with E-state index in [1.807, 2.05) is 6.07 Å². The van der Waals surface area contributed by atoms with Crippen molar-refractivity contribution < 1.29 is 4.74 Å². The molecule has 0 bridgehead atoms. The van der Waals surface area contributed by atoms with Crippen LogP contribution in [-0.2, 0) is 0 Å². The first-order valence-electron chi connectivity index (χ1n) is 9.13. The number of thiophene rings is 1. The van der Waals surface area contributed by atoms with Gasteiger partial charge in [0.25, 0.3) is 0 Å². The lowest BCUT2D eigenvalue weighted by Gasteiger charge is -2.38. The zero-order valence-corrected chi connectivity index (χ0v) is 16.2. The fourth-order valence-electron chi connectivity index (χ4n) is 3.78. The average Bonchev–Trinajstić information content (AvgIpc) is 3.37. The van der Waals surface area contributed by atoms with E-state index in [4.69, 9.17) is 9.84 Å². The molecule has 2 unspecified atom stereocenters. The summed E-state index contributed by atoms with van der Waals surface area (Å²) in [7, 11) is 4.10. The van der Waals surface area contributed by atoms with Crippen molar-refractivity contribution in [2.24, 2.45) is 5.10 Å². The van der Waals surface area contributed by atoms with Crippen molar-refractivity contribution in [3.8, 4) is 5.75 Å². The predicted molar refractivity (Wildman–Crippen MR) is 111 cm³/mol. The summed E-state index contributed by atoms with van der Waals surface area (Å²) >= 11 is 1.75. The van der Waals surface area contributed by atoms with Crippen molar-refractivity contribution in [2.45, 2.75) is 18.7 Å². The Hall–Kier alpha value is -2.79. The molecular weight excluding hydrogens is 354 g/mol. The summed E-state index contributed by atoms with van der Waals surface area (Å²) in [6.45, 7) is 0. The Kier molecular flexibility index (Phi) is 3.90. The van der Waals surface area contributed by atoms with E-state index < -0.39 is 0 Å². The van der Waals surface area contributed by atoms with Gasteiger partial charge in [0.2, 0.25) is 6.23 Å². The van der Waals surface area contributed by atoms with Gasteiger partial charge in [-0.25, -0.2) is 5.01 Å². The average molecular weight is 375 g/mol. The van der Waals surface area contributed by atoms with Crippen LogP contribution in [0.4, 0.5) is 5.69 Å². The minimum absolute atomic E-state index is 0.210. The summed E-state index contributed by atoms with van der Waals surface area (Å²) in [4.78, 5) is 3.34. The number of nitrogens with zero attached hydrogens (tertiary/aromatic N) is 3. The molecule has 1 aromatic heterocycles. The van der Waals surface area contributed by atoms with Gasteiger partial charge < -0.3 is 9.64 Å². The zero-order chi connectivity index (χ0) is 18.4. The molecule has 2 aliphatic rings. The van der Waals surface area contributed by atoms with E-state index in [0.29, 0.717) is 0 Å². The van der Waals surface area contributed by atoms with Crippen molar-refractivity contribution in [1.82, 2.24) is 5.01 Å². The molecule has 3 heterocycles. The van der Waals surface area contributed by atoms with Gasteiger partial charge in [-0.05, 0) is 29.6 Å². The minimum Gasteiger partial charge on any atom is -0.464 e. The molecular formula is C22H21N3OS.